The largest absolute Gasteiger partial charge is 0.395 e. The maximum absolute atomic E-state index is 9.59. The molecule has 74 valence electrons. The van der Waals surface area contributed by atoms with Crippen LogP contribution in [0.25, 0.3) is 0 Å². The van der Waals surface area contributed by atoms with E-state index in [4.69, 9.17) is 5.11 Å². The van der Waals surface area contributed by atoms with Crippen LogP contribution < -0.4 is 5.32 Å². The molecular formula is C9H21NO2. The molecule has 12 heavy (non-hydrogen) atoms. The fraction of sp³-hybridized carbons (Fsp3) is 1.00. The van der Waals surface area contributed by atoms with Gasteiger partial charge in [0.05, 0.1) is 12.7 Å². The second-order valence-corrected chi connectivity index (χ2v) is 3.07. The Labute approximate surface area is 74.8 Å². The van der Waals surface area contributed by atoms with Crippen LogP contribution in [0, 0.1) is 5.92 Å². The lowest BCUT2D eigenvalue weighted by atomic mass is 9.97. The van der Waals surface area contributed by atoms with Gasteiger partial charge in [-0.05, 0) is 5.92 Å². The smallest absolute Gasteiger partial charge is 0.0692 e. The summed E-state index contributed by atoms with van der Waals surface area (Å²) in [5.74, 6) is 0.385. The second-order valence-electron chi connectivity index (χ2n) is 3.07. The van der Waals surface area contributed by atoms with Crippen molar-refractivity contribution in [3.05, 3.63) is 0 Å². The number of aliphatic hydroxyl groups is 2. The highest BCUT2D eigenvalue weighted by molar-refractivity contribution is 4.68. The monoisotopic (exact) mass is 175 g/mol. The van der Waals surface area contributed by atoms with Crippen molar-refractivity contribution in [2.75, 3.05) is 19.7 Å². The maximum atomic E-state index is 9.59. The molecular weight excluding hydrogens is 154 g/mol. The van der Waals surface area contributed by atoms with Crippen LogP contribution in [0.5, 0.6) is 0 Å². The molecule has 0 aliphatic carbocycles. The van der Waals surface area contributed by atoms with Gasteiger partial charge in [0.1, 0.15) is 0 Å². The zero-order valence-corrected chi connectivity index (χ0v) is 8.08. The third kappa shape index (κ3) is 4.70. The van der Waals surface area contributed by atoms with Crippen LogP contribution in [0.15, 0.2) is 0 Å². The quantitative estimate of drug-likeness (QED) is 0.490. The summed E-state index contributed by atoms with van der Waals surface area (Å²) in [5, 5.41) is 21.1. The predicted octanol–water partition coefficient (Wildman–Crippen LogP) is 0.365. The molecule has 3 N–H and O–H groups in total. The standard InChI is InChI=1S/C9H21NO2/c1-3-8(4-2)9(12)7-10-5-6-11/h8-12H,3-7H2,1-2H3. The Kier molecular flexibility index (Phi) is 7.45. The van der Waals surface area contributed by atoms with E-state index in [9.17, 15) is 5.11 Å². The highest BCUT2D eigenvalue weighted by Gasteiger charge is 2.13. The van der Waals surface area contributed by atoms with E-state index < -0.39 is 0 Å². The van der Waals surface area contributed by atoms with E-state index >= 15 is 0 Å². The van der Waals surface area contributed by atoms with Gasteiger partial charge in [-0.3, -0.25) is 0 Å². The Bertz CT molecular complexity index is 94.5. The molecule has 0 aliphatic rings. The van der Waals surface area contributed by atoms with E-state index in [1.807, 2.05) is 0 Å². The van der Waals surface area contributed by atoms with Crippen LogP contribution in [0.1, 0.15) is 26.7 Å². The summed E-state index contributed by atoms with van der Waals surface area (Å²) in [6.07, 6.45) is 1.75. The minimum absolute atomic E-state index is 0.135. The molecule has 3 nitrogen and oxygen atoms in total. The molecule has 0 rings (SSSR count). The van der Waals surface area contributed by atoms with Crippen LogP contribution in [0.4, 0.5) is 0 Å². The summed E-state index contributed by atoms with van der Waals surface area (Å²) < 4.78 is 0. The lowest BCUT2D eigenvalue weighted by molar-refractivity contribution is 0.100. The highest BCUT2D eigenvalue weighted by Crippen LogP contribution is 2.11. The Morgan fingerprint density at radius 1 is 1.25 bits per heavy atom. The molecule has 1 unspecified atom stereocenters. The van der Waals surface area contributed by atoms with E-state index in [2.05, 4.69) is 19.2 Å². The molecule has 0 aromatic rings. The zero-order valence-electron chi connectivity index (χ0n) is 8.08. The van der Waals surface area contributed by atoms with Crippen LogP contribution in [-0.4, -0.2) is 36.0 Å². The predicted molar refractivity (Wildman–Crippen MR) is 50.0 cm³/mol. The lowest BCUT2D eigenvalue weighted by Gasteiger charge is -2.19. The molecule has 0 aliphatic heterocycles. The SMILES string of the molecule is CCC(CC)C(O)CNCCO. The van der Waals surface area contributed by atoms with Crippen molar-refractivity contribution in [1.82, 2.24) is 5.32 Å². The van der Waals surface area contributed by atoms with Gasteiger partial charge in [0.15, 0.2) is 0 Å². The van der Waals surface area contributed by atoms with Gasteiger partial charge in [-0.1, -0.05) is 26.7 Å². The maximum Gasteiger partial charge on any atom is 0.0692 e. The molecule has 0 aromatic heterocycles. The minimum Gasteiger partial charge on any atom is -0.395 e. The molecule has 0 bridgehead atoms. The Morgan fingerprint density at radius 2 is 1.83 bits per heavy atom. The van der Waals surface area contributed by atoms with Gasteiger partial charge >= 0.3 is 0 Å². The van der Waals surface area contributed by atoms with E-state index in [0.29, 0.717) is 19.0 Å². The van der Waals surface area contributed by atoms with Gasteiger partial charge in [-0.2, -0.15) is 0 Å². The van der Waals surface area contributed by atoms with Crippen molar-refractivity contribution in [3.8, 4) is 0 Å². The van der Waals surface area contributed by atoms with E-state index in [-0.39, 0.29) is 12.7 Å². The topological polar surface area (TPSA) is 52.5 Å². The first-order valence-electron chi connectivity index (χ1n) is 4.75. The zero-order chi connectivity index (χ0) is 9.40. The Morgan fingerprint density at radius 3 is 2.25 bits per heavy atom. The number of hydrogen-bond acceptors (Lipinski definition) is 3. The van der Waals surface area contributed by atoms with Gasteiger partial charge < -0.3 is 15.5 Å². The van der Waals surface area contributed by atoms with Crippen LogP contribution in [-0.2, 0) is 0 Å². The molecule has 0 saturated carbocycles. The van der Waals surface area contributed by atoms with Crippen LogP contribution in [0.2, 0.25) is 0 Å². The van der Waals surface area contributed by atoms with E-state index in [1.54, 1.807) is 0 Å². The first-order chi connectivity index (χ1) is 5.76. The second kappa shape index (κ2) is 7.53. The number of nitrogens with one attached hydrogen (secondary N) is 1. The van der Waals surface area contributed by atoms with Crippen molar-refractivity contribution in [2.24, 2.45) is 5.92 Å². The molecule has 0 radical (unpaired) electrons. The molecule has 3 heteroatoms. The van der Waals surface area contributed by atoms with Crippen molar-refractivity contribution >= 4 is 0 Å². The molecule has 0 fully saturated rings. The van der Waals surface area contributed by atoms with Crippen LogP contribution in [0.3, 0.4) is 0 Å². The first-order valence-corrected chi connectivity index (χ1v) is 4.75. The normalized spacial score (nSPS) is 13.8. The Balaban J connectivity index is 3.47. The fourth-order valence-corrected chi connectivity index (χ4v) is 1.33. The van der Waals surface area contributed by atoms with Crippen molar-refractivity contribution in [3.63, 3.8) is 0 Å². The average molecular weight is 175 g/mol. The summed E-state index contributed by atoms with van der Waals surface area (Å²) in [6.45, 7) is 5.46. The minimum atomic E-state index is -0.272. The molecule has 0 aromatic carbocycles. The third-order valence-electron chi connectivity index (χ3n) is 2.23. The molecule has 1 atom stereocenters. The van der Waals surface area contributed by atoms with Gasteiger partial charge in [0, 0.05) is 13.1 Å². The van der Waals surface area contributed by atoms with Gasteiger partial charge in [-0.15, -0.1) is 0 Å². The first kappa shape index (κ1) is 11.9. The fourth-order valence-electron chi connectivity index (χ4n) is 1.33. The number of aliphatic hydroxyl groups excluding tert-OH is 2. The van der Waals surface area contributed by atoms with Gasteiger partial charge in [-0.25, -0.2) is 0 Å². The van der Waals surface area contributed by atoms with Gasteiger partial charge in [0.2, 0.25) is 0 Å². The Hall–Kier alpha value is -0.120. The number of hydrogen-bond donors (Lipinski definition) is 3. The number of rotatable bonds is 7. The molecule has 0 spiro atoms. The summed E-state index contributed by atoms with van der Waals surface area (Å²) in [5.41, 5.74) is 0. The van der Waals surface area contributed by atoms with E-state index in [1.165, 1.54) is 0 Å². The summed E-state index contributed by atoms with van der Waals surface area (Å²) >= 11 is 0. The molecule has 0 amide bonds. The molecule has 0 heterocycles. The van der Waals surface area contributed by atoms with E-state index in [0.717, 1.165) is 12.8 Å². The van der Waals surface area contributed by atoms with Crippen molar-refractivity contribution in [1.29, 1.82) is 0 Å². The van der Waals surface area contributed by atoms with Crippen LogP contribution >= 0.6 is 0 Å². The molecule has 0 saturated heterocycles. The van der Waals surface area contributed by atoms with Crippen molar-refractivity contribution in [2.45, 2.75) is 32.8 Å². The summed E-state index contributed by atoms with van der Waals surface area (Å²) in [6, 6.07) is 0. The van der Waals surface area contributed by atoms with Gasteiger partial charge in [0.25, 0.3) is 0 Å². The highest BCUT2D eigenvalue weighted by atomic mass is 16.3. The van der Waals surface area contributed by atoms with Crippen molar-refractivity contribution < 1.29 is 10.2 Å². The third-order valence-corrected chi connectivity index (χ3v) is 2.23. The summed E-state index contributed by atoms with van der Waals surface area (Å²) in [7, 11) is 0. The summed E-state index contributed by atoms with van der Waals surface area (Å²) in [4.78, 5) is 0. The lowest BCUT2D eigenvalue weighted by Crippen LogP contribution is -2.33. The average Bonchev–Trinajstić information content (AvgIpc) is 2.07.